The number of hydrogen-bond donors (Lipinski definition) is 8. The Hall–Kier alpha value is -10.6. The number of esters is 4. The number of rotatable bonds is 27. The van der Waals surface area contributed by atoms with E-state index in [4.69, 9.17) is 36.1 Å². The van der Waals surface area contributed by atoms with Gasteiger partial charge in [-0.25, -0.2) is 0 Å². The largest absolute Gasteiger partial charge is 0.460 e. The quantitative estimate of drug-likeness (QED) is 0.0119. The number of nitrogens with one attached hydrogen (secondary N) is 5. The lowest BCUT2D eigenvalue weighted by atomic mass is 9.79. The molecule has 4 aromatic carbocycles. The minimum atomic E-state index is -0.796. The van der Waals surface area contributed by atoms with E-state index in [0.717, 1.165) is 22.3 Å². The normalized spacial score (nSPS) is 20.4. The van der Waals surface area contributed by atoms with E-state index in [2.05, 4.69) is 147 Å². The van der Waals surface area contributed by atoms with Gasteiger partial charge in [0.05, 0.1) is 75.8 Å². The molecule has 4 amide bonds. The SMILES string of the molecule is C=C/C=C\C(N)=C(\C(=N)\C=C/C=C(/C=C/C=C(N)/C(=C(N)/C=C\CCc1cc(C(C)(C)C)cc(C(C)(C)C)c1)c1c(NC(=O)C2CC2C(=O)OC(C)(C)C)cccc1NC(=O)C1CC1C(=O)OC(C)(C)C)c1cc(C(C)(C)C)cc(C(C)(C)C)c1)c1c(NC(=O)C2CC2C(=O)OC(C)(C)C)cccc1NC(=O)C1CC1C(=O)OC(C)(C)C. The van der Waals surface area contributed by atoms with Crippen molar-refractivity contribution in [3.63, 3.8) is 0 Å². The second-order valence-corrected chi connectivity index (χ2v) is 39.6. The molecule has 0 bridgehead atoms. The third-order valence-electron chi connectivity index (χ3n) is 20.3. The zero-order valence-electron chi connectivity index (χ0n) is 73.5. The molecule has 0 spiro atoms. The molecular weight excluding hydrogens is 1470 g/mol. The summed E-state index contributed by atoms with van der Waals surface area (Å²) in [7, 11) is 0. The first-order valence-electron chi connectivity index (χ1n) is 40.7. The first-order valence-corrected chi connectivity index (χ1v) is 40.7. The number of anilines is 4. The molecule has 20 heteroatoms. The van der Waals surface area contributed by atoms with Crippen LogP contribution in [-0.2, 0) is 85.4 Å². The van der Waals surface area contributed by atoms with Crippen LogP contribution in [0.2, 0.25) is 0 Å². The number of allylic oxidation sites excluding steroid dienone is 14. The van der Waals surface area contributed by atoms with Crippen molar-refractivity contribution < 1.29 is 57.3 Å². The van der Waals surface area contributed by atoms with Gasteiger partial charge < -0.3 is 62.8 Å². The van der Waals surface area contributed by atoms with Crippen LogP contribution in [0.5, 0.6) is 0 Å². The van der Waals surface area contributed by atoms with Gasteiger partial charge in [-0.2, -0.15) is 0 Å². The summed E-state index contributed by atoms with van der Waals surface area (Å²) in [4.78, 5) is 112. The second kappa shape index (κ2) is 35.7. The van der Waals surface area contributed by atoms with Gasteiger partial charge in [0.15, 0.2) is 0 Å². The number of amides is 4. The number of carbonyl (C=O) groups is 8. The molecule has 0 aromatic heterocycles. The zero-order valence-corrected chi connectivity index (χ0v) is 73.5. The molecule has 0 radical (unpaired) electrons. The monoisotopic (exact) mass is 1600 g/mol. The van der Waals surface area contributed by atoms with E-state index in [1.165, 1.54) is 23.3 Å². The van der Waals surface area contributed by atoms with Crippen LogP contribution in [0, 0.1) is 52.8 Å². The van der Waals surface area contributed by atoms with Crippen LogP contribution in [0.15, 0.2) is 163 Å². The van der Waals surface area contributed by atoms with Crippen molar-refractivity contribution in [2.24, 2.45) is 64.5 Å². The van der Waals surface area contributed by atoms with E-state index in [9.17, 15) is 43.8 Å². The van der Waals surface area contributed by atoms with E-state index in [-0.39, 0.29) is 115 Å². The van der Waals surface area contributed by atoms with Crippen molar-refractivity contribution in [2.75, 3.05) is 21.3 Å². The molecule has 8 atom stereocenters. The molecule has 0 aliphatic heterocycles. The molecule has 0 heterocycles. The Morgan fingerprint density at radius 2 is 0.726 bits per heavy atom. The van der Waals surface area contributed by atoms with Gasteiger partial charge in [-0.15, -0.1) is 0 Å². The third kappa shape index (κ3) is 25.9. The van der Waals surface area contributed by atoms with Gasteiger partial charge >= 0.3 is 23.9 Å². The fourth-order valence-electron chi connectivity index (χ4n) is 13.4. The molecule has 0 saturated heterocycles. The molecule has 8 unspecified atom stereocenters. The maximum absolute atomic E-state index is 14.6. The maximum atomic E-state index is 14.6. The molecule has 4 fully saturated rings. The molecule has 20 nitrogen and oxygen atoms in total. The van der Waals surface area contributed by atoms with Crippen molar-refractivity contribution in [1.29, 1.82) is 5.41 Å². The number of nitrogens with two attached hydrogens (primary N) is 3. The summed E-state index contributed by atoms with van der Waals surface area (Å²) < 4.78 is 22.8. The van der Waals surface area contributed by atoms with Crippen molar-refractivity contribution in [3.8, 4) is 0 Å². The highest BCUT2D eigenvalue weighted by Crippen LogP contribution is 2.48. The van der Waals surface area contributed by atoms with Crippen LogP contribution in [0.1, 0.15) is 243 Å². The molecule has 4 aliphatic rings. The van der Waals surface area contributed by atoms with Crippen molar-refractivity contribution in [2.45, 2.75) is 249 Å². The highest BCUT2D eigenvalue weighted by Gasteiger charge is 2.54. The zero-order chi connectivity index (χ0) is 87.4. The molecule has 4 aliphatic carbocycles. The molecule has 11 N–H and O–H groups in total. The third-order valence-corrected chi connectivity index (χ3v) is 20.3. The van der Waals surface area contributed by atoms with Gasteiger partial charge in [-0.1, -0.05) is 181 Å². The summed E-state index contributed by atoms with van der Waals surface area (Å²) >= 11 is 0. The Bertz CT molecular complexity index is 4590. The Kier molecular flexibility index (Phi) is 28.0. The lowest BCUT2D eigenvalue weighted by molar-refractivity contribution is -0.158. The van der Waals surface area contributed by atoms with Crippen LogP contribution in [0.4, 0.5) is 22.7 Å². The van der Waals surface area contributed by atoms with Crippen molar-refractivity contribution >= 4 is 92.7 Å². The number of ether oxygens (including phenoxy) is 4. The van der Waals surface area contributed by atoms with Crippen LogP contribution < -0.4 is 38.5 Å². The average Bonchev–Trinajstić information content (AvgIpc) is 1.58. The summed E-state index contributed by atoms with van der Waals surface area (Å²) in [6.45, 7) is 51.0. The molecular formula is C97H128N8O12. The van der Waals surface area contributed by atoms with Crippen LogP contribution in [-0.4, -0.2) is 75.6 Å². The van der Waals surface area contributed by atoms with E-state index >= 15 is 0 Å². The lowest BCUT2D eigenvalue weighted by Gasteiger charge is -2.26. The number of hydrogen-bond acceptors (Lipinski definition) is 16. The highest BCUT2D eigenvalue weighted by molar-refractivity contribution is 6.31. The molecule has 4 saturated carbocycles. The van der Waals surface area contributed by atoms with Gasteiger partial charge in [0.2, 0.25) is 23.6 Å². The molecule has 117 heavy (non-hydrogen) atoms. The van der Waals surface area contributed by atoms with Crippen LogP contribution in [0.3, 0.4) is 0 Å². The standard InChI is InChI=1S/C97H128N8O12/c1-26-27-37-70(98)78(80-74(102-82(106)62-51-66(62)86(110)114-94(14,15)16)41-32-42-75(80)103-83(107)63-52-67(63)87(111)115-95(17,18)19)72(100)39-30-35-56(57-47-60(92(8,9)10)50-61(48-57)93(11,12)13)36-31-40-73(101)79(71(99)38-29-28-34-55-45-58(90(2,3)4)49-59(46-55)91(5,6)7)81-76(104-84(108)64-53-68(64)88(112)116-96(20,21)22)43-33-44-77(81)105-85(109)65-54-69(65)89(113)117-97(23,24)25/h26-27,29-33,35-50,62-69,100H,1,28,34,51-54,98-99,101H2,2-25H3,(H,102,106)(H,103,107)(H,104,108)(H,105,109)/b36-31+,37-27-,38-29-,39-30-,56-35-,73-40-,78-70+,79-71+,100-72?. The molecule has 8 rings (SSSR count). The predicted molar refractivity (Wildman–Crippen MR) is 470 cm³/mol. The minimum Gasteiger partial charge on any atom is -0.460 e. The lowest BCUT2D eigenvalue weighted by Crippen LogP contribution is -2.27. The summed E-state index contributed by atoms with van der Waals surface area (Å²) in [6.07, 6.45) is 20.9. The van der Waals surface area contributed by atoms with Crippen LogP contribution in [0.25, 0.3) is 16.7 Å². The van der Waals surface area contributed by atoms with Gasteiger partial charge in [-0.3, -0.25) is 38.4 Å². The Morgan fingerprint density at radius 1 is 0.410 bits per heavy atom. The summed E-state index contributed by atoms with van der Waals surface area (Å²) in [6, 6.07) is 23.1. The highest BCUT2D eigenvalue weighted by atomic mass is 16.6. The van der Waals surface area contributed by atoms with E-state index < -0.39 is 117 Å². The van der Waals surface area contributed by atoms with E-state index in [1.54, 1.807) is 156 Å². The molecule has 4 aromatic rings. The van der Waals surface area contributed by atoms with Gasteiger partial charge in [0.25, 0.3) is 0 Å². The van der Waals surface area contributed by atoms with Gasteiger partial charge in [0.1, 0.15) is 22.4 Å². The smallest absolute Gasteiger partial charge is 0.310 e. The Balaban J connectivity index is 1.30. The number of carbonyl (C=O) groups excluding carboxylic acids is 8. The number of aryl methyl sites for hydroxylation is 1. The fraction of sp³-hybridized carbons (Fsp3) is 0.474. The number of benzene rings is 4. The minimum absolute atomic E-state index is 0.0488. The van der Waals surface area contributed by atoms with E-state index in [0.29, 0.717) is 18.4 Å². The van der Waals surface area contributed by atoms with Gasteiger partial charge in [-0.05, 0) is 231 Å². The second-order valence-electron chi connectivity index (χ2n) is 39.6. The predicted octanol–water partition coefficient (Wildman–Crippen LogP) is 18.6. The average molecular weight is 1600 g/mol. The maximum Gasteiger partial charge on any atom is 0.310 e. The van der Waals surface area contributed by atoms with E-state index in [1.807, 2.05) is 18.2 Å². The first-order chi connectivity index (χ1) is 53.9. The van der Waals surface area contributed by atoms with Gasteiger partial charge in [0, 0.05) is 39.4 Å². The topological polar surface area (TPSA) is 324 Å². The Labute approximate surface area is 694 Å². The summed E-state index contributed by atoms with van der Waals surface area (Å²) in [5, 5.41) is 22.3. The van der Waals surface area contributed by atoms with Crippen LogP contribution >= 0.6 is 0 Å². The Morgan fingerprint density at radius 3 is 1.05 bits per heavy atom. The van der Waals surface area contributed by atoms with Crippen molar-refractivity contribution in [3.05, 3.63) is 208 Å². The first kappa shape index (κ1) is 91.9. The summed E-state index contributed by atoms with van der Waals surface area (Å²) in [5.74, 6) is -9.73. The fourth-order valence-corrected chi connectivity index (χ4v) is 13.4. The molecule has 628 valence electrons. The van der Waals surface area contributed by atoms with Crippen molar-refractivity contribution in [1.82, 2.24) is 0 Å². The summed E-state index contributed by atoms with van der Waals surface area (Å²) in [5.41, 5.74) is 26.7.